The largest absolute Gasteiger partial charge is 0.0654 e. The summed E-state index contributed by atoms with van der Waals surface area (Å²) in [6, 6.07) is 11.6. The molecule has 1 aromatic carbocycles. The van der Waals surface area contributed by atoms with Gasteiger partial charge in [0.1, 0.15) is 0 Å². The molecule has 0 N–H and O–H groups in total. The summed E-state index contributed by atoms with van der Waals surface area (Å²) in [6.07, 6.45) is 11.2. The molecule has 0 aliphatic rings. The van der Waals surface area contributed by atoms with E-state index in [-0.39, 0.29) is 0 Å². The highest BCUT2D eigenvalue weighted by Gasteiger charge is 2.03. The Morgan fingerprint density at radius 2 is 1.76 bits per heavy atom. The minimum Gasteiger partial charge on any atom is -0.0654 e. The van der Waals surface area contributed by atoms with E-state index in [4.69, 9.17) is 0 Å². The number of hydrogen-bond donors (Lipinski definition) is 0. The van der Waals surface area contributed by atoms with Crippen molar-refractivity contribution in [2.45, 2.75) is 71.1 Å². The molecule has 17 heavy (non-hydrogen) atoms. The van der Waals surface area contributed by atoms with Gasteiger partial charge >= 0.3 is 0 Å². The Labute approximate surface area is 107 Å². The standard InChI is InChI=1S/C17H27/c1-3-4-5-6-7-8-10-13-16(2)17-14-11-9-12-15-17/h9,11,14-16H,3-8,10,13H2,1-2H3. The lowest BCUT2D eigenvalue weighted by atomic mass is 9.95. The van der Waals surface area contributed by atoms with Crippen LogP contribution in [-0.4, -0.2) is 0 Å². The summed E-state index contributed by atoms with van der Waals surface area (Å²) in [5, 5.41) is 0. The van der Waals surface area contributed by atoms with Gasteiger partial charge in [0.25, 0.3) is 0 Å². The van der Waals surface area contributed by atoms with Crippen molar-refractivity contribution < 1.29 is 0 Å². The zero-order valence-corrected chi connectivity index (χ0v) is 11.5. The molecule has 0 aliphatic carbocycles. The highest BCUT2D eigenvalue weighted by Crippen LogP contribution is 2.21. The molecule has 0 bridgehead atoms. The predicted molar refractivity (Wildman–Crippen MR) is 76.3 cm³/mol. The summed E-state index contributed by atoms with van der Waals surface area (Å²) < 4.78 is 0. The van der Waals surface area contributed by atoms with Crippen LogP contribution in [0.2, 0.25) is 0 Å². The van der Waals surface area contributed by atoms with Gasteiger partial charge in [-0.3, -0.25) is 0 Å². The summed E-state index contributed by atoms with van der Waals surface area (Å²) in [5.41, 5.74) is 1.44. The molecule has 0 saturated carbocycles. The van der Waals surface area contributed by atoms with Crippen LogP contribution in [0.4, 0.5) is 0 Å². The highest BCUT2D eigenvalue weighted by atomic mass is 14.1. The van der Waals surface area contributed by atoms with E-state index in [2.05, 4.69) is 38.1 Å². The fraction of sp³-hybridized carbons (Fsp3) is 0.647. The maximum atomic E-state index is 3.17. The van der Waals surface area contributed by atoms with Crippen molar-refractivity contribution in [2.75, 3.05) is 0 Å². The molecule has 0 fully saturated rings. The fourth-order valence-electron chi connectivity index (χ4n) is 2.29. The maximum Gasteiger partial charge on any atom is -0.0181 e. The van der Waals surface area contributed by atoms with Crippen LogP contribution in [0.25, 0.3) is 0 Å². The van der Waals surface area contributed by atoms with E-state index >= 15 is 0 Å². The first kappa shape index (κ1) is 14.3. The van der Waals surface area contributed by atoms with Crippen molar-refractivity contribution in [1.29, 1.82) is 0 Å². The number of benzene rings is 1. The molecule has 1 atom stereocenters. The van der Waals surface area contributed by atoms with Crippen LogP contribution in [0.3, 0.4) is 0 Å². The van der Waals surface area contributed by atoms with Gasteiger partial charge in [0.05, 0.1) is 0 Å². The lowest BCUT2D eigenvalue weighted by Gasteiger charge is -2.11. The molecule has 1 unspecified atom stereocenters. The molecule has 1 aromatic rings. The van der Waals surface area contributed by atoms with Gasteiger partial charge in [0.2, 0.25) is 0 Å². The zero-order valence-electron chi connectivity index (χ0n) is 11.5. The molecule has 0 aliphatic heterocycles. The summed E-state index contributed by atoms with van der Waals surface area (Å²) in [6.45, 7) is 4.61. The van der Waals surface area contributed by atoms with Gasteiger partial charge in [-0.05, 0) is 24.0 Å². The molecule has 0 aromatic heterocycles. The van der Waals surface area contributed by atoms with E-state index in [1.165, 1.54) is 56.9 Å². The van der Waals surface area contributed by atoms with Gasteiger partial charge in [-0.1, -0.05) is 83.1 Å². The average Bonchev–Trinajstić information content (AvgIpc) is 2.38. The summed E-state index contributed by atoms with van der Waals surface area (Å²) in [4.78, 5) is 0. The molecule has 0 nitrogen and oxygen atoms in total. The second kappa shape index (κ2) is 9.27. The highest BCUT2D eigenvalue weighted by molar-refractivity contribution is 5.17. The smallest absolute Gasteiger partial charge is 0.0181 e. The molecule has 1 radical (unpaired) electrons. The third-order valence-electron chi connectivity index (χ3n) is 3.54. The molecule has 95 valence electrons. The number of rotatable bonds is 9. The summed E-state index contributed by atoms with van der Waals surface area (Å²) >= 11 is 0. The molecule has 0 heteroatoms. The first-order chi connectivity index (χ1) is 8.34. The monoisotopic (exact) mass is 231 g/mol. The van der Waals surface area contributed by atoms with E-state index in [9.17, 15) is 0 Å². The van der Waals surface area contributed by atoms with E-state index in [1.54, 1.807) is 0 Å². The zero-order chi connectivity index (χ0) is 12.3. The lowest BCUT2D eigenvalue weighted by molar-refractivity contribution is 0.549. The van der Waals surface area contributed by atoms with Crippen molar-refractivity contribution in [1.82, 2.24) is 0 Å². The first-order valence-electron chi connectivity index (χ1n) is 7.30. The maximum absolute atomic E-state index is 3.17. The van der Waals surface area contributed by atoms with Crippen LogP contribution < -0.4 is 0 Å². The third-order valence-corrected chi connectivity index (χ3v) is 3.54. The molecular weight excluding hydrogens is 204 g/mol. The second-order valence-corrected chi connectivity index (χ2v) is 5.15. The van der Waals surface area contributed by atoms with Gasteiger partial charge in [-0.15, -0.1) is 0 Å². The summed E-state index contributed by atoms with van der Waals surface area (Å²) in [7, 11) is 0. The van der Waals surface area contributed by atoms with Crippen molar-refractivity contribution >= 4 is 0 Å². The van der Waals surface area contributed by atoms with E-state index in [0.29, 0.717) is 5.92 Å². The van der Waals surface area contributed by atoms with Crippen molar-refractivity contribution in [3.63, 3.8) is 0 Å². The SMILES string of the molecule is CCCCCCCCCC(C)c1c[c]ccc1. The molecular formula is C17H27. The van der Waals surface area contributed by atoms with Crippen LogP contribution >= 0.6 is 0 Å². The lowest BCUT2D eigenvalue weighted by Crippen LogP contribution is -1.93. The molecule has 0 heterocycles. The first-order valence-corrected chi connectivity index (χ1v) is 7.30. The van der Waals surface area contributed by atoms with E-state index in [0.717, 1.165) is 0 Å². The normalized spacial score (nSPS) is 12.6. The van der Waals surface area contributed by atoms with Gasteiger partial charge in [0, 0.05) is 0 Å². The average molecular weight is 231 g/mol. The van der Waals surface area contributed by atoms with Gasteiger partial charge < -0.3 is 0 Å². The van der Waals surface area contributed by atoms with E-state index < -0.39 is 0 Å². The Hall–Kier alpha value is -0.780. The van der Waals surface area contributed by atoms with Gasteiger partial charge in [-0.25, -0.2) is 0 Å². The van der Waals surface area contributed by atoms with Gasteiger partial charge in [0.15, 0.2) is 0 Å². The minimum absolute atomic E-state index is 0.697. The number of hydrogen-bond acceptors (Lipinski definition) is 0. The Bertz CT molecular complexity index is 263. The van der Waals surface area contributed by atoms with Crippen molar-refractivity contribution in [3.05, 3.63) is 35.9 Å². The Kier molecular flexibility index (Phi) is 7.79. The van der Waals surface area contributed by atoms with Crippen LogP contribution in [0.5, 0.6) is 0 Å². The van der Waals surface area contributed by atoms with Crippen LogP contribution in [0.15, 0.2) is 24.3 Å². The van der Waals surface area contributed by atoms with E-state index in [1.807, 2.05) is 6.07 Å². The molecule has 0 spiro atoms. The fourth-order valence-corrected chi connectivity index (χ4v) is 2.29. The topological polar surface area (TPSA) is 0 Å². The summed E-state index contributed by atoms with van der Waals surface area (Å²) in [5.74, 6) is 0.697. The Morgan fingerprint density at radius 3 is 2.41 bits per heavy atom. The Morgan fingerprint density at radius 1 is 1.06 bits per heavy atom. The molecule has 0 saturated heterocycles. The Balaban J connectivity index is 2.03. The molecule has 1 rings (SSSR count). The van der Waals surface area contributed by atoms with Gasteiger partial charge in [-0.2, -0.15) is 0 Å². The number of unbranched alkanes of at least 4 members (excludes halogenated alkanes) is 6. The second-order valence-electron chi connectivity index (χ2n) is 5.15. The molecule has 0 amide bonds. The van der Waals surface area contributed by atoms with Crippen molar-refractivity contribution in [3.8, 4) is 0 Å². The van der Waals surface area contributed by atoms with Crippen LogP contribution in [-0.2, 0) is 0 Å². The van der Waals surface area contributed by atoms with Crippen LogP contribution in [0, 0.1) is 6.07 Å². The quantitative estimate of drug-likeness (QED) is 0.476. The van der Waals surface area contributed by atoms with Crippen molar-refractivity contribution in [2.24, 2.45) is 0 Å². The van der Waals surface area contributed by atoms with Crippen LogP contribution in [0.1, 0.15) is 76.7 Å². The minimum atomic E-state index is 0.697. The predicted octanol–water partition coefficient (Wildman–Crippen LogP) is 5.73. The third kappa shape index (κ3) is 6.51.